The Bertz CT molecular complexity index is 1150. The van der Waals surface area contributed by atoms with E-state index >= 15 is 0 Å². The first kappa shape index (κ1) is 22.3. The van der Waals surface area contributed by atoms with Gasteiger partial charge in [-0.15, -0.1) is 0 Å². The highest BCUT2D eigenvalue weighted by molar-refractivity contribution is 6.36. The molecular formula is C21H16Cl2FN3O4. The fourth-order valence-electron chi connectivity index (χ4n) is 2.54. The number of furan rings is 1. The zero-order valence-electron chi connectivity index (χ0n) is 16.1. The van der Waals surface area contributed by atoms with Crippen molar-refractivity contribution in [3.63, 3.8) is 0 Å². The number of halogens is 3. The van der Waals surface area contributed by atoms with Crippen LogP contribution in [0.3, 0.4) is 0 Å². The van der Waals surface area contributed by atoms with E-state index in [2.05, 4.69) is 15.8 Å². The monoisotopic (exact) mass is 463 g/mol. The zero-order chi connectivity index (χ0) is 22.4. The molecule has 0 unspecified atom stereocenters. The minimum Gasteiger partial charge on any atom is -0.462 e. The Kier molecular flexibility index (Phi) is 7.28. The van der Waals surface area contributed by atoms with Gasteiger partial charge in [-0.3, -0.25) is 4.79 Å². The molecule has 3 aromatic rings. The van der Waals surface area contributed by atoms with Crippen LogP contribution in [0.1, 0.15) is 33.4 Å². The number of nitrogens with one attached hydrogen (secondary N) is 2. The van der Waals surface area contributed by atoms with E-state index < -0.39 is 17.7 Å². The van der Waals surface area contributed by atoms with Gasteiger partial charge in [-0.1, -0.05) is 41.4 Å². The molecule has 2 N–H and O–H groups in total. The molecule has 1 aromatic heterocycles. The fourth-order valence-corrected chi connectivity index (χ4v) is 2.98. The molecule has 0 aliphatic heterocycles. The molecule has 160 valence electrons. The number of hydrazone groups is 1. The Labute approximate surface area is 186 Å². The highest BCUT2D eigenvalue weighted by Crippen LogP contribution is 2.34. The van der Waals surface area contributed by atoms with Crippen molar-refractivity contribution in [2.45, 2.75) is 6.92 Å². The van der Waals surface area contributed by atoms with Gasteiger partial charge in [-0.2, -0.15) is 5.10 Å². The maximum Gasteiger partial charge on any atom is 0.345 e. The summed E-state index contributed by atoms with van der Waals surface area (Å²) in [5.74, 6) is -2.18. The van der Waals surface area contributed by atoms with Crippen molar-refractivity contribution >= 4 is 52.9 Å². The van der Waals surface area contributed by atoms with E-state index in [0.29, 0.717) is 10.7 Å². The topological polar surface area (TPSA) is 92.9 Å². The molecule has 0 fully saturated rings. The normalized spacial score (nSPS) is 10.8. The van der Waals surface area contributed by atoms with Crippen LogP contribution in [0.15, 0.2) is 58.0 Å². The molecule has 0 saturated carbocycles. The molecular weight excluding hydrogens is 448 g/mol. The van der Waals surface area contributed by atoms with Gasteiger partial charge in [0.2, 0.25) is 5.88 Å². The van der Waals surface area contributed by atoms with Crippen molar-refractivity contribution in [2.75, 3.05) is 11.9 Å². The minimum absolute atomic E-state index is 0.00703. The average molecular weight is 464 g/mol. The minimum atomic E-state index is -0.764. The van der Waals surface area contributed by atoms with Crippen LogP contribution in [-0.4, -0.2) is 24.7 Å². The highest BCUT2D eigenvalue weighted by atomic mass is 35.5. The standard InChI is InChI=1S/C21H16Cl2FN3O4/c1-2-30-21(29)17-18(23)16(31-20(17)26-13-7-5-6-12(22)10-13)11-25-27-19(28)14-8-3-4-9-15(14)24/h3-11,26H,2H2,1H3,(H,27,28)/b25-11-. The van der Waals surface area contributed by atoms with Crippen molar-refractivity contribution in [1.82, 2.24) is 5.43 Å². The summed E-state index contributed by atoms with van der Waals surface area (Å²) in [5.41, 5.74) is 2.48. The predicted molar refractivity (Wildman–Crippen MR) is 116 cm³/mol. The molecule has 1 heterocycles. The Balaban J connectivity index is 1.86. The van der Waals surface area contributed by atoms with Crippen molar-refractivity contribution in [1.29, 1.82) is 0 Å². The first-order valence-corrected chi connectivity index (χ1v) is 9.76. The number of carbonyl (C=O) groups excluding carboxylic acids is 2. The third kappa shape index (κ3) is 5.42. The van der Waals surface area contributed by atoms with Crippen LogP contribution < -0.4 is 10.7 Å². The summed E-state index contributed by atoms with van der Waals surface area (Å²) in [6.45, 7) is 1.77. The SMILES string of the molecule is CCOC(=O)c1c(Nc2cccc(Cl)c2)oc(/C=N\NC(=O)c2ccccc2F)c1Cl. The van der Waals surface area contributed by atoms with E-state index in [1.54, 1.807) is 31.2 Å². The number of rotatable bonds is 7. The average Bonchev–Trinajstić information content (AvgIpc) is 3.03. The summed E-state index contributed by atoms with van der Waals surface area (Å²) >= 11 is 12.3. The first-order valence-electron chi connectivity index (χ1n) is 9.00. The lowest BCUT2D eigenvalue weighted by Gasteiger charge is -2.06. The van der Waals surface area contributed by atoms with Crippen molar-refractivity contribution < 1.29 is 23.1 Å². The number of esters is 1. The summed E-state index contributed by atoms with van der Waals surface area (Å²) in [5, 5.41) is 7.04. The molecule has 0 spiro atoms. The van der Waals surface area contributed by atoms with E-state index in [1.807, 2.05) is 0 Å². The van der Waals surface area contributed by atoms with Gasteiger partial charge in [-0.05, 0) is 37.3 Å². The first-order chi connectivity index (χ1) is 14.9. The molecule has 0 aliphatic carbocycles. The largest absolute Gasteiger partial charge is 0.462 e. The van der Waals surface area contributed by atoms with Gasteiger partial charge in [-0.25, -0.2) is 14.6 Å². The fraction of sp³-hybridized carbons (Fsp3) is 0.0952. The van der Waals surface area contributed by atoms with Crippen molar-refractivity contribution in [3.05, 3.63) is 81.3 Å². The van der Waals surface area contributed by atoms with Crippen LogP contribution in [0.25, 0.3) is 0 Å². The Morgan fingerprint density at radius 2 is 1.97 bits per heavy atom. The maximum absolute atomic E-state index is 13.7. The van der Waals surface area contributed by atoms with E-state index in [0.717, 1.165) is 12.3 Å². The van der Waals surface area contributed by atoms with Crippen LogP contribution in [-0.2, 0) is 4.74 Å². The quantitative estimate of drug-likeness (QED) is 0.277. The van der Waals surface area contributed by atoms with Gasteiger partial charge in [0, 0.05) is 10.7 Å². The van der Waals surface area contributed by atoms with Gasteiger partial charge in [0.05, 0.1) is 18.4 Å². The van der Waals surface area contributed by atoms with E-state index in [9.17, 15) is 14.0 Å². The number of hydrogen-bond acceptors (Lipinski definition) is 6. The third-order valence-corrected chi connectivity index (χ3v) is 4.51. The summed E-state index contributed by atoms with van der Waals surface area (Å²) in [6.07, 6.45) is 1.09. The second kappa shape index (κ2) is 10.1. The van der Waals surface area contributed by atoms with Crippen molar-refractivity contribution in [2.24, 2.45) is 5.10 Å². The number of nitrogens with zero attached hydrogens (tertiary/aromatic N) is 1. The van der Waals surface area contributed by atoms with Crippen LogP contribution in [0.4, 0.5) is 16.0 Å². The summed E-state index contributed by atoms with van der Waals surface area (Å²) in [6, 6.07) is 12.2. The molecule has 0 aliphatic rings. The number of anilines is 2. The van der Waals surface area contributed by atoms with E-state index in [4.69, 9.17) is 32.4 Å². The number of hydrogen-bond donors (Lipinski definition) is 2. The van der Waals surface area contributed by atoms with Crippen LogP contribution in [0.5, 0.6) is 0 Å². The van der Waals surface area contributed by atoms with E-state index in [-0.39, 0.29) is 34.4 Å². The Morgan fingerprint density at radius 1 is 1.19 bits per heavy atom. The molecule has 7 nitrogen and oxygen atoms in total. The van der Waals surface area contributed by atoms with Gasteiger partial charge in [0.1, 0.15) is 16.4 Å². The van der Waals surface area contributed by atoms with Gasteiger partial charge in [0.15, 0.2) is 5.76 Å². The summed E-state index contributed by atoms with van der Waals surface area (Å²) < 4.78 is 24.3. The lowest BCUT2D eigenvalue weighted by molar-refractivity contribution is 0.0527. The number of ether oxygens (including phenoxy) is 1. The maximum atomic E-state index is 13.7. The lowest BCUT2D eigenvalue weighted by atomic mass is 10.2. The third-order valence-electron chi connectivity index (χ3n) is 3.90. The van der Waals surface area contributed by atoms with Crippen molar-refractivity contribution in [3.8, 4) is 0 Å². The summed E-state index contributed by atoms with van der Waals surface area (Å²) in [7, 11) is 0. The molecule has 0 saturated heterocycles. The molecule has 10 heteroatoms. The van der Waals surface area contributed by atoms with Crippen LogP contribution in [0.2, 0.25) is 10.0 Å². The van der Waals surface area contributed by atoms with E-state index in [1.165, 1.54) is 18.2 Å². The zero-order valence-corrected chi connectivity index (χ0v) is 17.6. The number of amides is 1. The smallest absolute Gasteiger partial charge is 0.345 e. The van der Waals surface area contributed by atoms with Gasteiger partial charge < -0.3 is 14.5 Å². The molecule has 0 radical (unpaired) electrons. The number of benzene rings is 2. The Hall–Kier alpha value is -3.36. The number of carbonyl (C=O) groups is 2. The van der Waals surface area contributed by atoms with Gasteiger partial charge in [0.25, 0.3) is 5.91 Å². The second-order valence-corrected chi connectivity index (χ2v) is 6.83. The highest BCUT2D eigenvalue weighted by Gasteiger charge is 2.25. The van der Waals surface area contributed by atoms with Gasteiger partial charge >= 0.3 is 5.97 Å². The van der Waals surface area contributed by atoms with Crippen LogP contribution in [0, 0.1) is 5.82 Å². The molecule has 3 rings (SSSR count). The molecule has 0 bridgehead atoms. The predicted octanol–water partition coefficient (Wildman–Crippen LogP) is 5.41. The second-order valence-electron chi connectivity index (χ2n) is 6.02. The Morgan fingerprint density at radius 3 is 2.68 bits per heavy atom. The molecule has 31 heavy (non-hydrogen) atoms. The molecule has 0 atom stereocenters. The molecule has 1 amide bonds. The summed E-state index contributed by atoms with van der Waals surface area (Å²) in [4.78, 5) is 24.4. The lowest BCUT2D eigenvalue weighted by Crippen LogP contribution is -2.18. The molecule has 2 aromatic carbocycles. The van der Waals surface area contributed by atoms with Crippen LogP contribution >= 0.6 is 23.2 Å².